The van der Waals surface area contributed by atoms with Gasteiger partial charge in [0.1, 0.15) is 17.3 Å². The Morgan fingerprint density at radius 1 is 1.04 bits per heavy atom. The van der Waals surface area contributed by atoms with E-state index < -0.39 is 11.6 Å². The predicted octanol–water partition coefficient (Wildman–Crippen LogP) is 4.71. The summed E-state index contributed by atoms with van der Waals surface area (Å²) in [5.41, 5.74) is 1.53. The van der Waals surface area contributed by atoms with Gasteiger partial charge in [0, 0.05) is 10.2 Å². The first-order valence-corrected chi connectivity index (χ1v) is 7.76. The number of halogens is 3. The van der Waals surface area contributed by atoms with Crippen molar-refractivity contribution >= 4 is 39.1 Å². The van der Waals surface area contributed by atoms with Crippen molar-refractivity contribution in [3.63, 3.8) is 0 Å². The number of anilines is 4. The molecule has 0 atom stereocenters. The molecule has 0 amide bonds. The molecule has 0 unspecified atom stereocenters. The molecule has 3 rings (SSSR count). The standard InChI is InChI=1S/C16H12BrF2N5/c1-9-7-10(5-6-11(9)17)21-14-8-20-24-16(22-14)23-15-12(18)3-2-4-13(15)19/h2-8H,1H3,(H2,21,22,23,24). The molecule has 0 radical (unpaired) electrons. The summed E-state index contributed by atoms with van der Waals surface area (Å²) in [6, 6.07) is 9.26. The van der Waals surface area contributed by atoms with Gasteiger partial charge in [-0.15, -0.1) is 5.10 Å². The van der Waals surface area contributed by atoms with Crippen molar-refractivity contribution in [3.05, 3.63) is 64.3 Å². The van der Waals surface area contributed by atoms with E-state index in [-0.39, 0.29) is 11.6 Å². The molecule has 0 aliphatic heterocycles. The topological polar surface area (TPSA) is 62.7 Å². The SMILES string of the molecule is Cc1cc(Nc2cnnc(Nc3c(F)cccc3F)n2)ccc1Br. The van der Waals surface area contributed by atoms with Gasteiger partial charge in [-0.2, -0.15) is 10.1 Å². The summed E-state index contributed by atoms with van der Waals surface area (Å²) in [4.78, 5) is 4.16. The molecule has 0 saturated carbocycles. The largest absolute Gasteiger partial charge is 0.339 e. The van der Waals surface area contributed by atoms with Crippen LogP contribution in [0.4, 0.5) is 31.9 Å². The number of nitrogens with zero attached hydrogens (tertiary/aromatic N) is 3. The minimum absolute atomic E-state index is 0.0159. The lowest BCUT2D eigenvalue weighted by atomic mass is 10.2. The van der Waals surface area contributed by atoms with Gasteiger partial charge in [-0.25, -0.2) is 8.78 Å². The maximum absolute atomic E-state index is 13.7. The third-order valence-electron chi connectivity index (χ3n) is 3.19. The van der Waals surface area contributed by atoms with Crippen LogP contribution in [0.1, 0.15) is 5.56 Å². The molecule has 0 aliphatic rings. The van der Waals surface area contributed by atoms with Crippen LogP contribution < -0.4 is 10.6 Å². The molecule has 2 N–H and O–H groups in total. The van der Waals surface area contributed by atoms with Gasteiger partial charge >= 0.3 is 0 Å². The van der Waals surface area contributed by atoms with Gasteiger partial charge in [-0.1, -0.05) is 22.0 Å². The zero-order valence-electron chi connectivity index (χ0n) is 12.5. The number of aromatic nitrogens is 3. The van der Waals surface area contributed by atoms with E-state index in [0.29, 0.717) is 5.82 Å². The predicted molar refractivity (Wildman–Crippen MR) is 91.6 cm³/mol. The van der Waals surface area contributed by atoms with Crippen molar-refractivity contribution in [2.24, 2.45) is 0 Å². The fourth-order valence-corrected chi connectivity index (χ4v) is 2.26. The summed E-state index contributed by atoms with van der Waals surface area (Å²) >= 11 is 3.43. The molecule has 2 aromatic carbocycles. The molecule has 0 spiro atoms. The first-order chi connectivity index (χ1) is 11.5. The van der Waals surface area contributed by atoms with E-state index in [1.807, 2.05) is 25.1 Å². The highest BCUT2D eigenvalue weighted by molar-refractivity contribution is 9.10. The highest BCUT2D eigenvalue weighted by atomic mass is 79.9. The fourth-order valence-electron chi connectivity index (χ4n) is 2.02. The average Bonchev–Trinajstić information content (AvgIpc) is 2.55. The molecular weight excluding hydrogens is 380 g/mol. The van der Waals surface area contributed by atoms with E-state index in [1.165, 1.54) is 12.3 Å². The Morgan fingerprint density at radius 2 is 1.79 bits per heavy atom. The van der Waals surface area contributed by atoms with Crippen LogP contribution in [0, 0.1) is 18.6 Å². The molecule has 0 aliphatic carbocycles. The van der Waals surface area contributed by atoms with Crippen LogP contribution in [0.15, 0.2) is 47.1 Å². The van der Waals surface area contributed by atoms with Gasteiger partial charge in [0.2, 0.25) is 5.95 Å². The highest BCUT2D eigenvalue weighted by Crippen LogP contribution is 2.24. The summed E-state index contributed by atoms with van der Waals surface area (Å²) in [6.07, 6.45) is 1.42. The van der Waals surface area contributed by atoms with Crippen LogP contribution >= 0.6 is 15.9 Å². The molecule has 5 nitrogen and oxygen atoms in total. The molecular formula is C16H12BrF2N5. The summed E-state index contributed by atoms with van der Waals surface area (Å²) < 4.78 is 28.3. The minimum Gasteiger partial charge on any atom is -0.339 e. The van der Waals surface area contributed by atoms with Gasteiger partial charge in [-0.05, 0) is 42.8 Å². The van der Waals surface area contributed by atoms with Crippen LogP contribution in [-0.2, 0) is 0 Å². The zero-order valence-corrected chi connectivity index (χ0v) is 14.1. The average molecular weight is 392 g/mol. The number of benzene rings is 2. The third-order valence-corrected chi connectivity index (χ3v) is 4.08. The van der Waals surface area contributed by atoms with E-state index in [9.17, 15) is 8.78 Å². The van der Waals surface area contributed by atoms with Gasteiger partial charge in [0.05, 0.1) is 6.20 Å². The van der Waals surface area contributed by atoms with Crippen molar-refractivity contribution in [1.29, 1.82) is 0 Å². The van der Waals surface area contributed by atoms with Crippen molar-refractivity contribution < 1.29 is 8.78 Å². The van der Waals surface area contributed by atoms with Crippen LogP contribution in [0.3, 0.4) is 0 Å². The smallest absolute Gasteiger partial charge is 0.249 e. The first kappa shape index (κ1) is 16.3. The van der Waals surface area contributed by atoms with Crippen molar-refractivity contribution in [2.45, 2.75) is 6.92 Å². The molecule has 0 fully saturated rings. The Morgan fingerprint density at radius 3 is 2.50 bits per heavy atom. The molecule has 1 heterocycles. The lowest BCUT2D eigenvalue weighted by molar-refractivity contribution is 0.590. The Balaban J connectivity index is 1.82. The monoisotopic (exact) mass is 391 g/mol. The lowest BCUT2D eigenvalue weighted by Gasteiger charge is -2.09. The van der Waals surface area contributed by atoms with Crippen molar-refractivity contribution in [1.82, 2.24) is 15.2 Å². The second-order valence-corrected chi connectivity index (χ2v) is 5.83. The summed E-state index contributed by atoms with van der Waals surface area (Å²) in [7, 11) is 0. The fraction of sp³-hybridized carbons (Fsp3) is 0.0625. The number of para-hydroxylation sites is 1. The number of hydrogen-bond acceptors (Lipinski definition) is 5. The van der Waals surface area contributed by atoms with Gasteiger partial charge in [0.25, 0.3) is 0 Å². The van der Waals surface area contributed by atoms with Gasteiger partial charge in [-0.3, -0.25) is 0 Å². The number of aryl methyl sites for hydroxylation is 1. The number of hydrogen-bond donors (Lipinski definition) is 2. The van der Waals surface area contributed by atoms with Crippen LogP contribution in [0.2, 0.25) is 0 Å². The number of nitrogens with one attached hydrogen (secondary N) is 2. The maximum atomic E-state index is 13.7. The Bertz CT molecular complexity index is 868. The molecule has 122 valence electrons. The number of rotatable bonds is 4. The molecule has 0 bridgehead atoms. The Kier molecular flexibility index (Phi) is 4.66. The van der Waals surface area contributed by atoms with Crippen molar-refractivity contribution in [3.8, 4) is 0 Å². The zero-order chi connectivity index (χ0) is 17.1. The van der Waals surface area contributed by atoms with Crippen LogP contribution in [-0.4, -0.2) is 15.2 Å². The second kappa shape index (κ2) is 6.88. The third kappa shape index (κ3) is 3.65. The second-order valence-electron chi connectivity index (χ2n) is 4.98. The van der Waals surface area contributed by atoms with E-state index in [2.05, 4.69) is 41.7 Å². The van der Waals surface area contributed by atoms with Gasteiger partial charge < -0.3 is 10.6 Å². The molecule has 3 aromatic rings. The Hall–Kier alpha value is -2.61. The molecule has 1 aromatic heterocycles. The van der Waals surface area contributed by atoms with Crippen molar-refractivity contribution in [2.75, 3.05) is 10.6 Å². The minimum atomic E-state index is -0.736. The molecule has 0 saturated heterocycles. The van der Waals surface area contributed by atoms with Gasteiger partial charge in [0.15, 0.2) is 5.82 Å². The normalized spacial score (nSPS) is 10.5. The molecule has 24 heavy (non-hydrogen) atoms. The van der Waals surface area contributed by atoms with E-state index in [1.54, 1.807) is 0 Å². The highest BCUT2D eigenvalue weighted by Gasteiger charge is 2.10. The summed E-state index contributed by atoms with van der Waals surface area (Å²) in [6.45, 7) is 1.96. The summed E-state index contributed by atoms with van der Waals surface area (Å²) in [5.74, 6) is -1.09. The van der Waals surface area contributed by atoms with Crippen LogP contribution in [0.25, 0.3) is 0 Å². The van der Waals surface area contributed by atoms with E-state index >= 15 is 0 Å². The maximum Gasteiger partial charge on any atom is 0.249 e. The quantitative estimate of drug-likeness (QED) is 0.674. The summed E-state index contributed by atoms with van der Waals surface area (Å²) in [5, 5.41) is 13.1. The molecule has 8 heteroatoms. The lowest BCUT2D eigenvalue weighted by Crippen LogP contribution is -2.05. The first-order valence-electron chi connectivity index (χ1n) is 6.97. The van der Waals surface area contributed by atoms with E-state index in [4.69, 9.17) is 0 Å². The van der Waals surface area contributed by atoms with E-state index in [0.717, 1.165) is 27.9 Å². The van der Waals surface area contributed by atoms with Crippen LogP contribution in [0.5, 0.6) is 0 Å². The Labute approximate surface area is 145 Å².